The molecule has 0 saturated heterocycles. The maximum Gasteiger partial charge on any atom is 0.212 e. The second-order valence-corrected chi connectivity index (χ2v) is 4.45. The molecule has 3 rings (SSSR count). The van der Waals surface area contributed by atoms with Gasteiger partial charge < -0.3 is 5.32 Å². The van der Waals surface area contributed by atoms with Gasteiger partial charge in [-0.1, -0.05) is 30.3 Å². The summed E-state index contributed by atoms with van der Waals surface area (Å²) in [5.74, 6) is 0.816. The highest BCUT2D eigenvalue weighted by molar-refractivity contribution is 5.56. The molecule has 0 fully saturated rings. The molecule has 0 aliphatic rings. The fourth-order valence-corrected chi connectivity index (χ4v) is 2.04. The Bertz CT molecular complexity index is 671. The van der Waals surface area contributed by atoms with E-state index in [4.69, 9.17) is 0 Å². The minimum atomic E-state index is 0.816. The molecule has 0 aliphatic heterocycles. The van der Waals surface area contributed by atoms with Gasteiger partial charge in [0.2, 0.25) is 5.95 Å². The Morgan fingerprint density at radius 1 is 1.00 bits per heavy atom. The van der Waals surface area contributed by atoms with Crippen LogP contribution < -0.4 is 5.32 Å². The van der Waals surface area contributed by atoms with Crippen molar-refractivity contribution in [1.82, 2.24) is 9.55 Å². The van der Waals surface area contributed by atoms with Gasteiger partial charge in [-0.25, -0.2) is 4.98 Å². The normalized spacial score (nSPS) is 10.4. The van der Waals surface area contributed by atoms with Crippen LogP contribution in [0.15, 0.2) is 67.0 Å². The number of aromatic nitrogens is 2. The maximum atomic E-state index is 4.37. The summed E-state index contributed by atoms with van der Waals surface area (Å²) in [6, 6.07) is 18.4. The molecule has 0 saturated carbocycles. The number of nitrogens with one attached hydrogen (secondary N) is 1. The highest BCUT2D eigenvalue weighted by Gasteiger charge is 2.04. The first-order chi connectivity index (χ1) is 9.33. The van der Waals surface area contributed by atoms with Crippen LogP contribution in [-0.2, 0) is 0 Å². The Hall–Kier alpha value is -2.55. The van der Waals surface area contributed by atoms with Gasteiger partial charge in [0, 0.05) is 23.8 Å². The average molecular weight is 249 g/mol. The SMILES string of the molecule is Cc1cccc(Nc2nccn2-c2ccccc2)c1. The molecule has 0 unspecified atom stereocenters. The van der Waals surface area contributed by atoms with Crippen molar-refractivity contribution in [2.45, 2.75) is 6.92 Å². The monoisotopic (exact) mass is 249 g/mol. The lowest BCUT2D eigenvalue weighted by molar-refractivity contribution is 1.06. The molecule has 0 bridgehead atoms. The molecule has 1 N–H and O–H groups in total. The van der Waals surface area contributed by atoms with E-state index in [9.17, 15) is 0 Å². The number of benzene rings is 2. The molecule has 2 aromatic carbocycles. The molecule has 3 aromatic rings. The molecule has 19 heavy (non-hydrogen) atoms. The summed E-state index contributed by atoms with van der Waals surface area (Å²) < 4.78 is 2.03. The number of imidazole rings is 1. The van der Waals surface area contributed by atoms with Crippen LogP contribution in [0.1, 0.15) is 5.56 Å². The first-order valence-electron chi connectivity index (χ1n) is 6.25. The first kappa shape index (κ1) is 11.5. The molecule has 0 aliphatic carbocycles. The molecule has 3 nitrogen and oxygen atoms in total. The third-order valence-corrected chi connectivity index (χ3v) is 2.95. The predicted octanol–water partition coefficient (Wildman–Crippen LogP) is 3.92. The summed E-state index contributed by atoms with van der Waals surface area (Å²) in [5, 5.41) is 3.34. The minimum Gasteiger partial charge on any atom is -0.325 e. The van der Waals surface area contributed by atoms with E-state index in [2.05, 4.69) is 41.5 Å². The van der Waals surface area contributed by atoms with Crippen molar-refractivity contribution < 1.29 is 0 Å². The molecular formula is C16H15N3. The van der Waals surface area contributed by atoms with Crippen LogP contribution in [-0.4, -0.2) is 9.55 Å². The van der Waals surface area contributed by atoms with Gasteiger partial charge in [0.15, 0.2) is 0 Å². The van der Waals surface area contributed by atoms with E-state index in [1.54, 1.807) is 6.20 Å². The van der Waals surface area contributed by atoms with Crippen molar-refractivity contribution in [3.63, 3.8) is 0 Å². The van der Waals surface area contributed by atoms with Crippen molar-refractivity contribution >= 4 is 11.6 Å². The summed E-state index contributed by atoms with van der Waals surface area (Å²) in [6.45, 7) is 2.08. The van der Waals surface area contributed by atoms with Crippen molar-refractivity contribution in [2.75, 3.05) is 5.32 Å². The zero-order valence-corrected chi connectivity index (χ0v) is 10.7. The van der Waals surface area contributed by atoms with E-state index in [0.717, 1.165) is 17.3 Å². The second kappa shape index (κ2) is 4.98. The van der Waals surface area contributed by atoms with Gasteiger partial charge in [-0.3, -0.25) is 4.57 Å². The van der Waals surface area contributed by atoms with E-state index in [1.165, 1.54) is 5.56 Å². The lowest BCUT2D eigenvalue weighted by Crippen LogP contribution is -2.00. The van der Waals surface area contributed by atoms with Gasteiger partial charge >= 0.3 is 0 Å². The van der Waals surface area contributed by atoms with Crippen molar-refractivity contribution in [3.8, 4) is 5.69 Å². The summed E-state index contributed by atoms with van der Waals surface area (Å²) in [7, 11) is 0. The van der Waals surface area contributed by atoms with Gasteiger partial charge in [0.05, 0.1) is 0 Å². The van der Waals surface area contributed by atoms with E-state index in [1.807, 2.05) is 41.1 Å². The Morgan fingerprint density at radius 2 is 1.84 bits per heavy atom. The number of anilines is 2. The quantitative estimate of drug-likeness (QED) is 0.762. The predicted molar refractivity (Wildman–Crippen MR) is 78.0 cm³/mol. The van der Waals surface area contributed by atoms with Crippen molar-refractivity contribution in [1.29, 1.82) is 0 Å². The third kappa shape index (κ3) is 2.50. The lowest BCUT2D eigenvalue weighted by atomic mass is 10.2. The topological polar surface area (TPSA) is 29.9 Å². The zero-order valence-electron chi connectivity index (χ0n) is 10.7. The summed E-state index contributed by atoms with van der Waals surface area (Å²) in [6.07, 6.45) is 3.75. The van der Waals surface area contributed by atoms with Gasteiger partial charge in [-0.2, -0.15) is 0 Å². The van der Waals surface area contributed by atoms with Crippen LogP contribution in [0.2, 0.25) is 0 Å². The van der Waals surface area contributed by atoms with E-state index < -0.39 is 0 Å². The largest absolute Gasteiger partial charge is 0.325 e. The summed E-state index contributed by atoms with van der Waals surface area (Å²) >= 11 is 0. The van der Waals surface area contributed by atoms with E-state index in [0.29, 0.717) is 0 Å². The third-order valence-electron chi connectivity index (χ3n) is 2.95. The Labute approximate surface area is 112 Å². The van der Waals surface area contributed by atoms with Crippen LogP contribution in [0.3, 0.4) is 0 Å². The molecule has 3 heteroatoms. The van der Waals surface area contributed by atoms with Crippen LogP contribution in [0.5, 0.6) is 0 Å². The highest BCUT2D eigenvalue weighted by atomic mass is 15.2. The molecule has 0 amide bonds. The molecule has 94 valence electrons. The number of hydrogen-bond acceptors (Lipinski definition) is 2. The standard InChI is InChI=1S/C16H15N3/c1-13-6-5-7-14(12-13)18-16-17-10-11-19(16)15-8-3-2-4-9-15/h2-12H,1H3,(H,17,18). The average Bonchev–Trinajstić information content (AvgIpc) is 2.88. The lowest BCUT2D eigenvalue weighted by Gasteiger charge is -2.10. The Balaban J connectivity index is 1.93. The second-order valence-electron chi connectivity index (χ2n) is 4.45. The van der Waals surface area contributed by atoms with Crippen LogP contribution >= 0.6 is 0 Å². The van der Waals surface area contributed by atoms with Gasteiger partial charge in [-0.05, 0) is 36.8 Å². The minimum absolute atomic E-state index is 0.816. The number of hydrogen-bond donors (Lipinski definition) is 1. The summed E-state index contributed by atoms with van der Waals surface area (Å²) in [5.41, 5.74) is 3.36. The smallest absolute Gasteiger partial charge is 0.212 e. The number of para-hydroxylation sites is 1. The van der Waals surface area contributed by atoms with Crippen molar-refractivity contribution in [2.24, 2.45) is 0 Å². The fourth-order valence-electron chi connectivity index (χ4n) is 2.04. The van der Waals surface area contributed by atoms with Gasteiger partial charge in [0.1, 0.15) is 0 Å². The maximum absolute atomic E-state index is 4.37. The molecule has 0 radical (unpaired) electrons. The van der Waals surface area contributed by atoms with E-state index >= 15 is 0 Å². The molecule has 0 spiro atoms. The van der Waals surface area contributed by atoms with Crippen molar-refractivity contribution in [3.05, 3.63) is 72.6 Å². The fraction of sp³-hybridized carbons (Fsp3) is 0.0625. The van der Waals surface area contributed by atoms with Crippen LogP contribution in [0.25, 0.3) is 5.69 Å². The number of aryl methyl sites for hydroxylation is 1. The van der Waals surface area contributed by atoms with E-state index in [-0.39, 0.29) is 0 Å². The molecule has 1 heterocycles. The van der Waals surface area contributed by atoms with Crippen LogP contribution in [0, 0.1) is 6.92 Å². The molecule has 0 atom stereocenters. The zero-order chi connectivity index (χ0) is 13.1. The summed E-state index contributed by atoms with van der Waals surface area (Å²) in [4.78, 5) is 4.37. The first-order valence-corrected chi connectivity index (χ1v) is 6.25. The number of rotatable bonds is 3. The number of nitrogens with zero attached hydrogens (tertiary/aromatic N) is 2. The van der Waals surface area contributed by atoms with Gasteiger partial charge in [-0.15, -0.1) is 0 Å². The van der Waals surface area contributed by atoms with Gasteiger partial charge in [0.25, 0.3) is 0 Å². The highest BCUT2D eigenvalue weighted by Crippen LogP contribution is 2.19. The molecule has 1 aromatic heterocycles. The van der Waals surface area contributed by atoms with Crippen LogP contribution in [0.4, 0.5) is 11.6 Å². The molecular weight excluding hydrogens is 234 g/mol. The Kier molecular flexibility index (Phi) is 3.02. The Morgan fingerprint density at radius 3 is 2.63 bits per heavy atom.